The fraction of sp³-hybridized carbons (Fsp3) is 1.00. The van der Waals surface area contributed by atoms with Crippen LogP contribution in [0.2, 0.25) is 0 Å². The van der Waals surface area contributed by atoms with Gasteiger partial charge in [-0.15, -0.1) is 0 Å². The third-order valence-electron chi connectivity index (χ3n) is 2.26. The van der Waals surface area contributed by atoms with E-state index in [0.29, 0.717) is 0 Å². The lowest BCUT2D eigenvalue weighted by molar-refractivity contribution is -0.139. The van der Waals surface area contributed by atoms with Gasteiger partial charge >= 0.3 is 6.18 Å². The van der Waals surface area contributed by atoms with Crippen molar-refractivity contribution < 1.29 is 17.9 Å². The fourth-order valence-electron chi connectivity index (χ4n) is 1.65. The number of methoxy groups -OCH3 is 1. The molecule has 0 aliphatic heterocycles. The highest BCUT2D eigenvalue weighted by Gasteiger charge is 2.34. The zero-order chi connectivity index (χ0) is 12.3. The summed E-state index contributed by atoms with van der Waals surface area (Å²) in [6, 6.07) is -0.586. The van der Waals surface area contributed by atoms with Gasteiger partial charge in [0.2, 0.25) is 0 Å². The van der Waals surface area contributed by atoms with E-state index in [1.54, 1.807) is 0 Å². The van der Waals surface area contributed by atoms with E-state index in [1.165, 1.54) is 7.11 Å². The summed E-state index contributed by atoms with van der Waals surface area (Å²) in [7, 11) is 1.48. The van der Waals surface area contributed by atoms with Crippen molar-refractivity contribution in [2.45, 2.75) is 51.9 Å². The van der Waals surface area contributed by atoms with Crippen LogP contribution in [0.1, 0.15) is 33.6 Å². The van der Waals surface area contributed by atoms with Crippen molar-refractivity contribution in [2.24, 2.45) is 11.1 Å². The SMILES string of the molecule is COC(C(N)CCC(F)(F)F)C(C)(C)C. The molecule has 2 N–H and O–H groups in total. The minimum absolute atomic E-state index is 0.0979. The maximum Gasteiger partial charge on any atom is 0.389 e. The first-order chi connectivity index (χ1) is 6.58. The molecule has 0 saturated carbocycles. The number of alkyl halides is 3. The first-order valence-electron chi connectivity index (χ1n) is 4.93. The minimum Gasteiger partial charge on any atom is -0.379 e. The third kappa shape index (κ3) is 5.99. The van der Waals surface area contributed by atoms with Crippen molar-refractivity contribution in [3.63, 3.8) is 0 Å². The molecule has 0 aliphatic rings. The van der Waals surface area contributed by atoms with Crippen molar-refractivity contribution in [2.75, 3.05) is 7.11 Å². The van der Waals surface area contributed by atoms with Gasteiger partial charge in [0.05, 0.1) is 6.10 Å². The van der Waals surface area contributed by atoms with Crippen LogP contribution in [-0.2, 0) is 4.74 Å². The molecule has 0 rings (SSSR count). The topological polar surface area (TPSA) is 35.2 Å². The van der Waals surface area contributed by atoms with E-state index in [4.69, 9.17) is 10.5 Å². The molecular formula is C10H20F3NO. The molecule has 15 heavy (non-hydrogen) atoms. The summed E-state index contributed by atoms with van der Waals surface area (Å²) in [5.74, 6) is 0. The number of hydrogen-bond donors (Lipinski definition) is 1. The van der Waals surface area contributed by atoms with Crippen LogP contribution in [0.15, 0.2) is 0 Å². The van der Waals surface area contributed by atoms with E-state index >= 15 is 0 Å². The Bertz CT molecular complexity index is 186. The smallest absolute Gasteiger partial charge is 0.379 e. The van der Waals surface area contributed by atoms with Gasteiger partial charge in [-0.2, -0.15) is 13.2 Å². The first kappa shape index (κ1) is 14.7. The van der Waals surface area contributed by atoms with E-state index in [0.717, 1.165) is 0 Å². The van der Waals surface area contributed by atoms with Crippen LogP contribution in [0.4, 0.5) is 13.2 Å². The number of rotatable bonds is 4. The Morgan fingerprint density at radius 1 is 1.20 bits per heavy atom. The van der Waals surface area contributed by atoms with E-state index in [2.05, 4.69) is 0 Å². The molecule has 2 unspecified atom stereocenters. The molecule has 2 nitrogen and oxygen atoms in total. The predicted molar refractivity (Wildman–Crippen MR) is 53.5 cm³/mol. The number of ether oxygens (including phenoxy) is 1. The molecule has 0 bridgehead atoms. The second-order valence-electron chi connectivity index (χ2n) is 4.84. The van der Waals surface area contributed by atoms with Crippen molar-refractivity contribution in [1.82, 2.24) is 0 Å². The van der Waals surface area contributed by atoms with Crippen molar-refractivity contribution >= 4 is 0 Å². The summed E-state index contributed by atoms with van der Waals surface area (Å²) in [4.78, 5) is 0. The zero-order valence-corrected chi connectivity index (χ0v) is 9.69. The van der Waals surface area contributed by atoms with Crippen molar-refractivity contribution in [3.05, 3.63) is 0 Å². The largest absolute Gasteiger partial charge is 0.389 e. The lowest BCUT2D eigenvalue weighted by Crippen LogP contribution is -2.45. The molecule has 92 valence electrons. The Morgan fingerprint density at radius 2 is 1.67 bits per heavy atom. The van der Waals surface area contributed by atoms with Gasteiger partial charge in [0.1, 0.15) is 0 Å². The maximum absolute atomic E-state index is 12.0. The Labute approximate surface area is 89.0 Å². The van der Waals surface area contributed by atoms with Crippen LogP contribution in [0.5, 0.6) is 0 Å². The molecule has 0 fully saturated rings. The molecule has 5 heteroatoms. The van der Waals surface area contributed by atoms with Crippen molar-refractivity contribution in [3.8, 4) is 0 Å². The third-order valence-corrected chi connectivity index (χ3v) is 2.26. The lowest BCUT2D eigenvalue weighted by atomic mass is 9.83. The number of halogens is 3. The van der Waals surface area contributed by atoms with Gasteiger partial charge in [-0.25, -0.2) is 0 Å². The van der Waals surface area contributed by atoms with Crippen LogP contribution in [0.25, 0.3) is 0 Å². The minimum atomic E-state index is -4.15. The Balaban J connectivity index is 4.24. The summed E-state index contributed by atoms with van der Waals surface area (Å²) in [6.45, 7) is 5.69. The predicted octanol–water partition coefficient (Wildman–Crippen LogP) is 2.72. The highest BCUT2D eigenvalue weighted by molar-refractivity contribution is 4.84. The van der Waals surface area contributed by atoms with Gasteiger partial charge < -0.3 is 10.5 Å². The molecular weight excluding hydrogens is 207 g/mol. The molecule has 0 aromatic heterocycles. The molecule has 0 radical (unpaired) electrons. The standard InChI is InChI=1S/C10H20F3NO/c1-9(2,3)8(15-4)7(14)5-6-10(11,12)13/h7-8H,5-6,14H2,1-4H3. The molecule has 0 aliphatic carbocycles. The van der Waals surface area contributed by atoms with Gasteiger partial charge in [-0.1, -0.05) is 20.8 Å². The second-order valence-corrected chi connectivity index (χ2v) is 4.84. The fourth-order valence-corrected chi connectivity index (χ4v) is 1.65. The zero-order valence-electron chi connectivity index (χ0n) is 9.69. The van der Waals surface area contributed by atoms with Gasteiger partial charge in [0.25, 0.3) is 0 Å². The Morgan fingerprint density at radius 3 is 1.93 bits per heavy atom. The number of hydrogen-bond acceptors (Lipinski definition) is 2. The molecule has 0 amide bonds. The van der Waals surface area contributed by atoms with Crippen LogP contribution >= 0.6 is 0 Å². The molecule has 2 atom stereocenters. The highest BCUT2D eigenvalue weighted by Crippen LogP contribution is 2.28. The molecule has 0 aromatic carbocycles. The average Bonchev–Trinajstić information content (AvgIpc) is 1.98. The van der Waals surface area contributed by atoms with Gasteiger partial charge in [0.15, 0.2) is 0 Å². The van der Waals surface area contributed by atoms with E-state index in [9.17, 15) is 13.2 Å². The summed E-state index contributed by atoms with van der Waals surface area (Å²) in [6.07, 6.45) is -5.46. The van der Waals surface area contributed by atoms with Crippen LogP contribution in [-0.4, -0.2) is 25.4 Å². The molecule has 0 aromatic rings. The van der Waals surface area contributed by atoms with Crippen LogP contribution < -0.4 is 5.73 Å². The second kappa shape index (κ2) is 5.16. The first-order valence-corrected chi connectivity index (χ1v) is 4.93. The van der Waals surface area contributed by atoms with E-state index in [-0.39, 0.29) is 17.9 Å². The Kier molecular flexibility index (Phi) is 5.06. The lowest BCUT2D eigenvalue weighted by Gasteiger charge is -2.34. The van der Waals surface area contributed by atoms with Gasteiger partial charge in [-0.05, 0) is 11.8 Å². The normalized spacial score (nSPS) is 17.6. The molecule has 0 saturated heterocycles. The monoisotopic (exact) mass is 227 g/mol. The number of nitrogens with two attached hydrogens (primary N) is 1. The average molecular weight is 227 g/mol. The van der Waals surface area contributed by atoms with Gasteiger partial charge in [0, 0.05) is 19.6 Å². The van der Waals surface area contributed by atoms with E-state index < -0.39 is 18.6 Å². The van der Waals surface area contributed by atoms with Crippen LogP contribution in [0.3, 0.4) is 0 Å². The van der Waals surface area contributed by atoms with Crippen LogP contribution in [0, 0.1) is 5.41 Å². The molecule has 0 spiro atoms. The summed E-state index contributed by atoms with van der Waals surface area (Å²) in [5.41, 5.74) is 5.45. The summed E-state index contributed by atoms with van der Waals surface area (Å²) >= 11 is 0. The van der Waals surface area contributed by atoms with Gasteiger partial charge in [-0.3, -0.25) is 0 Å². The Hall–Kier alpha value is -0.290. The summed E-state index contributed by atoms with van der Waals surface area (Å²) < 4.78 is 41.1. The van der Waals surface area contributed by atoms with E-state index in [1.807, 2.05) is 20.8 Å². The summed E-state index contributed by atoms with van der Waals surface area (Å²) in [5, 5.41) is 0. The quantitative estimate of drug-likeness (QED) is 0.801. The highest BCUT2D eigenvalue weighted by atomic mass is 19.4. The maximum atomic E-state index is 12.0. The molecule has 0 heterocycles. The van der Waals surface area contributed by atoms with Crippen molar-refractivity contribution in [1.29, 1.82) is 0 Å².